The van der Waals surface area contributed by atoms with E-state index in [0.717, 1.165) is 5.56 Å². The standard InChI is InChI=1S/C20H23ClN2O5/c1-26-16-11-18(28-3)17(27-2)10-13(16)12-23-19(24)8-9-22-20(25)14-6-4-5-7-15(14)21/h4-7,10-11H,8-9,12H2,1-3H3,(H,22,25)(H,23,24). The molecule has 2 N–H and O–H groups in total. The summed E-state index contributed by atoms with van der Waals surface area (Å²) >= 11 is 5.98. The van der Waals surface area contributed by atoms with E-state index in [1.807, 2.05) is 0 Å². The molecular weight excluding hydrogens is 384 g/mol. The lowest BCUT2D eigenvalue weighted by Crippen LogP contribution is -2.30. The maximum Gasteiger partial charge on any atom is 0.252 e. The summed E-state index contributed by atoms with van der Waals surface area (Å²) in [5.74, 6) is 1.12. The van der Waals surface area contributed by atoms with Gasteiger partial charge in [0, 0.05) is 31.1 Å². The molecule has 28 heavy (non-hydrogen) atoms. The van der Waals surface area contributed by atoms with E-state index in [9.17, 15) is 9.59 Å². The van der Waals surface area contributed by atoms with Crippen LogP contribution in [0, 0.1) is 0 Å². The highest BCUT2D eigenvalue weighted by molar-refractivity contribution is 6.33. The number of benzene rings is 2. The predicted molar refractivity (Wildman–Crippen MR) is 106 cm³/mol. The van der Waals surface area contributed by atoms with Gasteiger partial charge < -0.3 is 24.8 Å². The van der Waals surface area contributed by atoms with Crippen molar-refractivity contribution >= 4 is 23.4 Å². The van der Waals surface area contributed by atoms with Crippen molar-refractivity contribution < 1.29 is 23.8 Å². The second-order valence-electron chi connectivity index (χ2n) is 5.78. The fourth-order valence-electron chi connectivity index (χ4n) is 2.54. The van der Waals surface area contributed by atoms with Gasteiger partial charge in [0.2, 0.25) is 5.91 Å². The molecule has 0 heterocycles. The molecule has 8 heteroatoms. The molecule has 2 aromatic rings. The summed E-state index contributed by atoms with van der Waals surface area (Å²) in [5.41, 5.74) is 1.12. The smallest absolute Gasteiger partial charge is 0.252 e. The lowest BCUT2D eigenvalue weighted by molar-refractivity contribution is -0.121. The quantitative estimate of drug-likeness (QED) is 0.668. The van der Waals surface area contributed by atoms with Crippen LogP contribution in [0.5, 0.6) is 17.2 Å². The first-order chi connectivity index (χ1) is 13.5. The third-order valence-corrected chi connectivity index (χ3v) is 4.35. The van der Waals surface area contributed by atoms with Crippen molar-refractivity contribution in [3.05, 3.63) is 52.5 Å². The van der Waals surface area contributed by atoms with E-state index < -0.39 is 0 Å². The van der Waals surface area contributed by atoms with E-state index in [-0.39, 0.29) is 31.3 Å². The molecule has 0 atom stereocenters. The van der Waals surface area contributed by atoms with Crippen molar-refractivity contribution in [3.8, 4) is 17.2 Å². The van der Waals surface area contributed by atoms with E-state index in [1.54, 1.807) is 36.4 Å². The zero-order chi connectivity index (χ0) is 20.5. The Morgan fingerprint density at radius 1 is 0.929 bits per heavy atom. The summed E-state index contributed by atoms with van der Waals surface area (Å²) in [6, 6.07) is 10.2. The highest BCUT2D eigenvalue weighted by Gasteiger charge is 2.13. The van der Waals surface area contributed by atoms with Crippen LogP contribution in [0.4, 0.5) is 0 Å². The molecule has 7 nitrogen and oxygen atoms in total. The van der Waals surface area contributed by atoms with Crippen molar-refractivity contribution in [2.24, 2.45) is 0 Å². The Balaban J connectivity index is 1.87. The molecule has 150 valence electrons. The fourth-order valence-corrected chi connectivity index (χ4v) is 2.76. The van der Waals surface area contributed by atoms with Crippen LogP contribution in [-0.4, -0.2) is 39.7 Å². The number of amides is 2. The summed E-state index contributed by atoms with van der Waals surface area (Å²) in [7, 11) is 4.61. The minimum Gasteiger partial charge on any atom is -0.496 e. The van der Waals surface area contributed by atoms with Gasteiger partial charge in [-0.25, -0.2) is 0 Å². The lowest BCUT2D eigenvalue weighted by atomic mass is 10.1. The van der Waals surface area contributed by atoms with Crippen molar-refractivity contribution in [1.82, 2.24) is 10.6 Å². The summed E-state index contributed by atoms with van der Waals surface area (Å²) in [5, 5.41) is 5.84. The highest BCUT2D eigenvalue weighted by Crippen LogP contribution is 2.34. The number of rotatable bonds is 9. The normalized spacial score (nSPS) is 10.1. The number of methoxy groups -OCH3 is 3. The summed E-state index contributed by atoms with van der Waals surface area (Å²) in [4.78, 5) is 24.2. The van der Waals surface area contributed by atoms with E-state index in [0.29, 0.717) is 27.8 Å². The van der Waals surface area contributed by atoms with Crippen molar-refractivity contribution in [2.75, 3.05) is 27.9 Å². The minimum atomic E-state index is -0.319. The van der Waals surface area contributed by atoms with E-state index >= 15 is 0 Å². The molecule has 0 bridgehead atoms. The Morgan fingerprint density at radius 2 is 1.57 bits per heavy atom. The molecule has 0 radical (unpaired) electrons. The average Bonchev–Trinajstić information content (AvgIpc) is 2.71. The zero-order valence-corrected chi connectivity index (χ0v) is 16.8. The molecule has 2 rings (SSSR count). The second kappa shape index (κ2) is 10.4. The molecule has 0 unspecified atom stereocenters. The third kappa shape index (κ3) is 5.53. The molecule has 0 aliphatic carbocycles. The average molecular weight is 407 g/mol. The number of carbonyl (C=O) groups excluding carboxylic acids is 2. The van der Waals surface area contributed by atoms with Gasteiger partial charge in [-0.05, 0) is 18.2 Å². The van der Waals surface area contributed by atoms with E-state index in [2.05, 4.69) is 10.6 Å². The van der Waals surface area contributed by atoms with Crippen LogP contribution in [0.25, 0.3) is 0 Å². The van der Waals surface area contributed by atoms with E-state index in [4.69, 9.17) is 25.8 Å². The number of nitrogens with one attached hydrogen (secondary N) is 2. The minimum absolute atomic E-state index is 0.131. The van der Waals surface area contributed by atoms with Gasteiger partial charge >= 0.3 is 0 Å². The van der Waals surface area contributed by atoms with Gasteiger partial charge in [-0.2, -0.15) is 0 Å². The van der Waals surface area contributed by atoms with Crippen molar-refractivity contribution in [2.45, 2.75) is 13.0 Å². The van der Waals surface area contributed by atoms with Gasteiger partial charge in [0.1, 0.15) is 5.75 Å². The topological polar surface area (TPSA) is 85.9 Å². The van der Waals surface area contributed by atoms with Gasteiger partial charge in [-0.1, -0.05) is 23.7 Å². The Hall–Kier alpha value is -2.93. The molecule has 0 aliphatic rings. The summed E-state index contributed by atoms with van der Waals surface area (Å²) in [6.07, 6.45) is 0.131. The first kappa shape index (κ1) is 21.4. The van der Waals surface area contributed by atoms with Gasteiger partial charge in [-0.3, -0.25) is 9.59 Å². The van der Waals surface area contributed by atoms with Crippen LogP contribution < -0.4 is 24.8 Å². The van der Waals surface area contributed by atoms with Crippen molar-refractivity contribution in [1.29, 1.82) is 0 Å². The van der Waals surface area contributed by atoms with Crippen LogP contribution in [0.3, 0.4) is 0 Å². The Kier molecular flexibility index (Phi) is 7.95. The van der Waals surface area contributed by atoms with Crippen molar-refractivity contribution in [3.63, 3.8) is 0 Å². The highest BCUT2D eigenvalue weighted by atomic mass is 35.5. The lowest BCUT2D eigenvalue weighted by Gasteiger charge is -2.14. The summed E-state index contributed by atoms with van der Waals surface area (Å²) < 4.78 is 15.8. The maximum atomic E-state index is 12.1. The molecule has 0 aromatic heterocycles. The zero-order valence-electron chi connectivity index (χ0n) is 16.0. The maximum absolute atomic E-state index is 12.1. The molecule has 0 saturated carbocycles. The molecule has 2 amide bonds. The largest absolute Gasteiger partial charge is 0.496 e. The molecule has 2 aromatic carbocycles. The number of halogens is 1. The van der Waals surface area contributed by atoms with Gasteiger partial charge in [0.25, 0.3) is 5.91 Å². The molecule has 0 aliphatic heterocycles. The SMILES string of the molecule is COc1cc(OC)c(OC)cc1CNC(=O)CCNC(=O)c1ccccc1Cl. The number of hydrogen-bond donors (Lipinski definition) is 2. The Morgan fingerprint density at radius 3 is 2.21 bits per heavy atom. The monoisotopic (exact) mass is 406 g/mol. The Labute approximate surface area is 168 Å². The first-order valence-corrected chi connectivity index (χ1v) is 8.96. The van der Waals surface area contributed by atoms with Gasteiger partial charge in [-0.15, -0.1) is 0 Å². The molecule has 0 saturated heterocycles. The van der Waals surface area contributed by atoms with E-state index in [1.165, 1.54) is 21.3 Å². The van der Waals surface area contributed by atoms with Crippen LogP contribution in [-0.2, 0) is 11.3 Å². The second-order valence-corrected chi connectivity index (χ2v) is 6.19. The molecular formula is C20H23ClN2O5. The van der Waals surface area contributed by atoms with Crippen LogP contribution in [0.15, 0.2) is 36.4 Å². The van der Waals surface area contributed by atoms with Gasteiger partial charge in [0.15, 0.2) is 11.5 Å². The first-order valence-electron chi connectivity index (χ1n) is 8.58. The molecule has 0 spiro atoms. The third-order valence-electron chi connectivity index (χ3n) is 4.02. The predicted octanol–water partition coefficient (Wildman–Crippen LogP) is 2.80. The van der Waals surface area contributed by atoms with Gasteiger partial charge in [0.05, 0.1) is 31.9 Å². The number of hydrogen-bond acceptors (Lipinski definition) is 5. The fraction of sp³-hybridized carbons (Fsp3) is 0.300. The number of ether oxygens (including phenoxy) is 3. The van der Waals surface area contributed by atoms with Crippen LogP contribution in [0.2, 0.25) is 5.02 Å². The molecule has 0 fully saturated rings. The Bertz CT molecular complexity index is 841. The van der Waals surface area contributed by atoms with Crippen LogP contribution >= 0.6 is 11.6 Å². The van der Waals surface area contributed by atoms with Crippen LogP contribution in [0.1, 0.15) is 22.3 Å². The number of carbonyl (C=O) groups is 2. The summed E-state index contributed by atoms with van der Waals surface area (Å²) in [6.45, 7) is 0.444.